The number of benzene rings is 2. The van der Waals surface area contributed by atoms with Gasteiger partial charge in [0.15, 0.2) is 5.78 Å². The van der Waals surface area contributed by atoms with Crippen LogP contribution in [-0.4, -0.2) is 20.6 Å². The maximum Gasteiger partial charge on any atom is 0.230 e. The van der Waals surface area contributed by atoms with Crippen molar-refractivity contribution in [2.45, 2.75) is 4.58 Å². The van der Waals surface area contributed by atoms with Crippen LogP contribution in [0, 0.1) is 0 Å². The van der Waals surface area contributed by atoms with Crippen LogP contribution >= 0.6 is 56.7 Å². The summed E-state index contributed by atoms with van der Waals surface area (Å²) < 4.78 is -0.683. The smallest absolute Gasteiger partial charge is 0.230 e. The van der Waals surface area contributed by atoms with Gasteiger partial charge in [-0.1, -0.05) is 42.5 Å². The molecule has 2 rings (SSSR count). The second-order valence-corrected chi connectivity index (χ2v) is 9.78. The minimum atomic E-state index is -0.683. The first-order valence-corrected chi connectivity index (χ1v) is 11.2. The minimum Gasteiger partial charge on any atom is -0.292 e. The number of carbonyl (C=O) groups is 3. The lowest BCUT2D eigenvalue weighted by atomic mass is 10.1. The summed E-state index contributed by atoms with van der Waals surface area (Å²) in [6.45, 7) is 0. The molecule has 0 saturated carbocycles. The van der Waals surface area contributed by atoms with E-state index in [9.17, 15) is 14.4 Å². The van der Waals surface area contributed by atoms with Crippen molar-refractivity contribution >= 4 is 72.7 Å². The first-order valence-electron chi connectivity index (χ1n) is 6.64. The summed E-state index contributed by atoms with van der Waals surface area (Å²) in [5, 5.41) is -0.281. The molecule has 0 aromatic heterocycles. The van der Waals surface area contributed by atoms with Crippen LogP contribution in [-0.2, 0) is 0 Å². The molecule has 0 aliphatic heterocycles. The fraction of sp³-hybridized carbons (Fsp3) is 0.0625. The molecule has 0 radical (unpaired) electrons. The largest absolute Gasteiger partial charge is 0.292 e. The monoisotopic (exact) mass is 412 g/mol. The van der Waals surface area contributed by atoms with Crippen molar-refractivity contribution < 1.29 is 14.4 Å². The third-order valence-electron chi connectivity index (χ3n) is 2.87. The van der Waals surface area contributed by atoms with Crippen LogP contribution in [0.2, 0.25) is 0 Å². The summed E-state index contributed by atoms with van der Waals surface area (Å²) in [7, 11) is 3.11. The molecular weight excluding hydrogens is 401 g/mol. The topological polar surface area (TPSA) is 51.2 Å². The van der Waals surface area contributed by atoms with Gasteiger partial charge in [0, 0.05) is 16.7 Å². The number of ketones is 1. The summed E-state index contributed by atoms with van der Waals surface area (Å²) in [5.74, 6) is -0.216. The Labute approximate surface area is 162 Å². The summed E-state index contributed by atoms with van der Waals surface area (Å²) in [5.41, 5.74) is 1.51. The Kier molecular flexibility index (Phi) is 7.83. The molecule has 0 amide bonds. The van der Waals surface area contributed by atoms with E-state index in [2.05, 4.69) is 25.3 Å². The Morgan fingerprint density at radius 2 is 1.17 bits per heavy atom. The maximum absolute atomic E-state index is 12.1. The number of hydrogen-bond donors (Lipinski definition) is 2. The maximum atomic E-state index is 12.1. The van der Waals surface area contributed by atoms with Crippen molar-refractivity contribution in [3.05, 3.63) is 71.3 Å². The van der Waals surface area contributed by atoms with Gasteiger partial charge in [-0.3, -0.25) is 14.4 Å². The van der Waals surface area contributed by atoms with Crippen LogP contribution in [0.25, 0.3) is 0 Å². The second-order valence-electron chi connectivity index (χ2n) is 4.49. The van der Waals surface area contributed by atoms with Gasteiger partial charge in [0.2, 0.25) is 10.2 Å². The highest BCUT2D eigenvalue weighted by Crippen LogP contribution is 2.38. The molecule has 2 aromatic carbocycles. The molecule has 0 aliphatic carbocycles. The van der Waals surface area contributed by atoms with Gasteiger partial charge in [-0.25, -0.2) is 0 Å². The van der Waals surface area contributed by atoms with Crippen molar-refractivity contribution in [1.82, 2.24) is 0 Å². The first-order chi connectivity index (χ1) is 11.5. The highest BCUT2D eigenvalue weighted by Gasteiger charge is 2.14. The lowest BCUT2D eigenvalue weighted by Crippen LogP contribution is -2.08. The molecule has 0 atom stereocenters. The Morgan fingerprint density at radius 1 is 0.708 bits per heavy atom. The molecular formula is C16H12O3S5. The third-order valence-corrected chi connectivity index (χ3v) is 6.79. The molecule has 0 aliphatic rings. The van der Waals surface area contributed by atoms with E-state index < -0.39 is 4.58 Å². The van der Waals surface area contributed by atoms with E-state index in [-0.39, 0.29) is 16.0 Å². The summed E-state index contributed by atoms with van der Waals surface area (Å²) >= 11 is 7.94. The van der Waals surface area contributed by atoms with Crippen LogP contribution < -0.4 is 0 Å². The van der Waals surface area contributed by atoms with Gasteiger partial charge in [-0.05, 0) is 43.5 Å². The average molecular weight is 413 g/mol. The summed E-state index contributed by atoms with van der Waals surface area (Å²) in [6.07, 6.45) is 0. The highest BCUT2D eigenvalue weighted by molar-refractivity contribution is 9.14. The van der Waals surface area contributed by atoms with Gasteiger partial charge >= 0.3 is 0 Å². The van der Waals surface area contributed by atoms with Crippen LogP contribution in [0.15, 0.2) is 54.6 Å². The van der Waals surface area contributed by atoms with E-state index in [4.69, 9.17) is 0 Å². The summed E-state index contributed by atoms with van der Waals surface area (Å²) in [4.78, 5) is 35.7. The van der Waals surface area contributed by atoms with Gasteiger partial charge in [-0.15, -0.1) is 0 Å². The van der Waals surface area contributed by atoms with E-state index in [1.54, 1.807) is 48.5 Å². The lowest BCUT2D eigenvalue weighted by Gasteiger charge is -2.04. The molecule has 0 unspecified atom stereocenters. The van der Waals surface area contributed by atoms with Crippen molar-refractivity contribution in [3.8, 4) is 0 Å². The quantitative estimate of drug-likeness (QED) is 0.299. The Morgan fingerprint density at radius 3 is 1.67 bits per heavy atom. The van der Waals surface area contributed by atoms with E-state index in [0.29, 0.717) is 16.7 Å². The van der Waals surface area contributed by atoms with E-state index in [1.165, 1.54) is 0 Å². The normalized spacial score (nSPS) is 10.6. The Bertz CT molecular complexity index is 729. The van der Waals surface area contributed by atoms with Gasteiger partial charge in [0.05, 0.1) is 0 Å². The zero-order chi connectivity index (χ0) is 17.5. The number of Topliss-reactive ketones (excluding diaryl/α,β-unsaturated/α-hetero) is 1. The number of carbonyl (C=O) groups excluding carboxylic acids is 3. The van der Waals surface area contributed by atoms with Crippen LogP contribution in [0.4, 0.5) is 0 Å². The molecule has 0 spiro atoms. The second kappa shape index (κ2) is 9.62. The zero-order valence-corrected chi connectivity index (χ0v) is 16.4. The van der Waals surface area contributed by atoms with Crippen molar-refractivity contribution in [1.29, 1.82) is 0 Å². The van der Waals surface area contributed by atoms with Crippen LogP contribution in [0.5, 0.6) is 0 Å². The molecule has 3 nitrogen and oxygen atoms in total. The molecule has 0 N–H and O–H groups in total. The van der Waals surface area contributed by atoms with E-state index >= 15 is 0 Å². The van der Waals surface area contributed by atoms with Crippen molar-refractivity contribution in [2.75, 3.05) is 0 Å². The third kappa shape index (κ3) is 5.63. The molecule has 8 heteroatoms. The van der Waals surface area contributed by atoms with E-state index in [1.807, 2.05) is 6.07 Å². The predicted molar refractivity (Wildman–Crippen MR) is 110 cm³/mol. The van der Waals surface area contributed by atoms with Crippen molar-refractivity contribution in [3.63, 3.8) is 0 Å². The fourth-order valence-corrected chi connectivity index (χ4v) is 5.06. The molecule has 24 heavy (non-hydrogen) atoms. The van der Waals surface area contributed by atoms with Crippen molar-refractivity contribution in [2.24, 2.45) is 0 Å². The molecule has 2 aromatic rings. The fourth-order valence-electron chi connectivity index (χ4n) is 1.67. The molecule has 0 bridgehead atoms. The number of hydrogen-bond acceptors (Lipinski definition) is 8. The van der Waals surface area contributed by atoms with Gasteiger partial charge in [0.1, 0.15) is 4.58 Å². The molecule has 124 valence electrons. The highest BCUT2D eigenvalue weighted by atomic mass is 33.5. The van der Waals surface area contributed by atoms with Gasteiger partial charge in [-0.2, -0.15) is 25.3 Å². The van der Waals surface area contributed by atoms with E-state index in [0.717, 1.165) is 31.4 Å². The molecule has 0 heterocycles. The number of rotatable bonds is 6. The standard InChI is InChI=1S/C16H12O3S5/c17-13(16(20)21)10-6-8-12(9-7-10)15(19)23-24-22-14(18)11-4-2-1-3-5-11/h1-9,16,20-21H. The first kappa shape index (κ1) is 19.5. The average Bonchev–Trinajstić information content (AvgIpc) is 2.61. The number of thiol groups is 2. The molecule has 0 saturated heterocycles. The SMILES string of the molecule is O=C(SSSC(=O)c1ccc(C(=O)C(S)S)cc1)c1ccccc1. The van der Waals surface area contributed by atoms with Crippen LogP contribution in [0.1, 0.15) is 31.1 Å². The van der Waals surface area contributed by atoms with Gasteiger partial charge in [0.25, 0.3) is 0 Å². The lowest BCUT2D eigenvalue weighted by molar-refractivity contribution is 0.101. The zero-order valence-electron chi connectivity index (χ0n) is 12.1. The Balaban J connectivity index is 1.86. The Hall–Kier alpha value is -0.800. The van der Waals surface area contributed by atoms with Gasteiger partial charge < -0.3 is 0 Å². The minimum absolute atomic E-state index is 0.101. The van der Waals surface area contributed by atoms with Crippen LogP contribution in [0.3, 0.4) is 0 Å². The predicted octanol–water partition coefficient (Wildman–Crippen LogP) is 5.07. The summed E-state index contributed by atoms with van der Waals surface area (Å²) in [6, 6.07) is 15.2. The molecule has 0 fully saturated rings.